The Balaban J connectivity index is 2.82. The lowest BCUT2D eigenvalue weighted by Crippen LogP contribution is -2.18. The first-order valence-electron chi connectivity index (χ1n) is 1.80. The fourth-order valence-electron chi connectivity index (χ4n) is 0.154. The minimum atomic E-state index is -0.333. The van der Waals surface area contributed by atoms with Crippen LogP contribution in [0.5, 0.6) is 0 Å². The van der Waals surface area contributed by atoms with Crippen molar-refractivity contribution < 1.29 is 4.79 Å². The van der Waals surface area contributed by atoms with Crippen molar-refractivity contribution >= 4 is 29.5 Å². The molecule has 1 amide bonds. The first-order chi connectivity index (χ1) is 3.27. The van der Waals surface area contributed by atoms with Crippen LogP contribution in [0.1, 0.15) is 0 Å². The van der Waals surface area contributed by atoms with Crippen molar-refractivity contribution in [1.29, 1.82) is 0 Å². The summed E-state index contributed by atoms with van der Waals surface area (Å²) in [6, 6.07) is 0. The van der Waals surface area contributed by atoms with Crippen LogP contribution in [0.15, 0.2) is 0 Å². The third kappa shape index (κ3) is 6.11. The Morgan fingerprint density at radius 2 is 2.43 bits per heavy atom. The molecule has 0 aliphatic carbocycles. The van der Waals surface area contributed by atoms with Crippen LogP contribution in [-0.4, -0.2) is 17.7 Å². The van der Waals surface area contributed by atoms with Crippen LogP contribution in [0, 0.1) is 0 Å². The fourth-order valence-corrected chi connectivity index (χ4v) is 0.360. The third-order valence-electron chi connectivity index (χ3n) is 0.371. The van der Waals surface area contributed by atoms with Crippen LogP contribution in [0.2, 0.25) is 0 Å². The average molecular weight is 140 g/mol. The molecule has 42 valence electrons. The maximum absolute atomic E-state index is 9.90. The zero-order valence-corrected chi connectivity index (χ0v) is 5.30. The molecule has 0 bridgehead atoms. The standard InChI is InChI=1S/C3H6ClNOS/c4-1-2-5-3(6)7/h1-2H2,(H2,5,6,7). The van der Waals surface area contributed by atoms with Gasteiger partial charge in [0.15, 0.2) is 0 Å². The smallest absolute Gasteiger partial charge is 0.276 e. The summed E-state index contributed by atoms with van der Waals surface area (Å²) in [7, 11) is 0. The van der Waals surface area contributed by atoms with Crippen LogP contribution in [-0.2, 0) is 0 Å². The van der Waals surface area contributed by atoms with Crippen LogP contribution in [0.4, 0.5) is 4.79 Å². The summed E-state index contributed by atoms with van der Waals surface area (Å²) in [6.45, 7) is 0.490. The molecule has 0 radical (unpaired) electrons. The van der Waals surface area contributed by atoms with Gasteiger partial charge < -0.3 is 5.32 Å². The second-order valence-corrected chi connectivity index (χ2v) is 1.71. The number of carbonyl (C=O) groups is 1. The molecule has 2 nitrogen and oxygen atoms in total. The number of hydrogen-bond acceptors (Lipinski definition) is 1. The van der Waals surface area contributed by atoms with Crippen LogP contribution < -0.4 is 5.32 Å². The van der Waals surface area contributed by atoms with Gasteiger partial charge in [-0.25, -0.2) is 0 Å². The molecule has 0 saturated carbocycles. The van der Waals surface area contributed by atoms with E-state index in [1.54, 1.807) is 0 Å². The molecule has 0 heterocycles. The van der Waals surface area contributed by atoms with Gasteiger partial charge in [-0.3, -0.25) is 4.79 Å². The van der Waals surface area contributed by atoms with Crippen molar-refractivity contribution in [3.05, 3.63) is 0 Å². The number of carbonyl (C=O) groups excluding carboxylic acids is 1. The molecule has 0 aliphatic rings. The molecule has 0 aromatic heterocycles. The van der Waals surface area contributed by atoms with Crippen molar-refractivity contribution in [2.75, 3.05) is 12.4 Å². The molecule has 0 atom stereocenters. The highest BCUT2D eigenvalue weighted by molar-refractivity contribution is 7.96. The van der Waals surface area contributed by atoms with Crippen LogP contribution >= 0.6 is 24.2 Å². The van der Waals surface area contributed by atoms with E-state index in [0.717, 1.165) is 0 Å². The first kappa shape index (κ1) is 7.11. The van der Waals surface area contributed by atoms with Crippen molar-refractivity contribution in [1.82, 2.24) is 5.32 Å². The first-order valence-corrected chi connectivity index (χ1v) is 2.78. The maximum Gasteiger partial charge on any atom is 0.276 e. The molecular weight excluding hydrogens is 134 g/mol. The van der Waals surface area contributed by atoms with E-state index in [0.29, 0.717) is 12.4 Å². The molecular formula is C3H6ClNOS. The summed E-state index contributed by atoms with van der Waals surface area (Å²) in [5.74, 6) is 0.437. The highest BCUT2D eigenvalue weighted by atomic mass is 35.5. The van der Waals surface area contributed by atoms with Crippen molar-refractivity contribution in [2.24, 2.45) is 0 Å². The molecule has 0 aromatic rings. The summed E-state index contributed by atoms with van der Waals surface area (Å²) in [4.78, 5) is 9.90. The quantitative estimate of drug-likeness (QED) is 0.432. The largest absolute Gasteiger partial charge is 0.346 e. The lowest BCUT2D eigenvalue weighted by molar-refractivity contribution is 0.261. The highest BCUT2D eigenvalue weighted by Gasteiger charge is 1.85. The maximum atomic E-state index is 9.90. The van der Waals surface area contributed by atoms with Crippen molar-refractivity contribution in [3.63, 3.8) is 0 Å². The second kappa shape index (κ2) is 4.27. The fraction of sp³-hybridized carbons (Fsp3) is 0.667. The van der Waals surface area contributed by atoms with Crippen LogP contribution in [0.3, 0.4) is 0 Å². The van der Waals surface area contributed by atoms with E-state index < -0.39 is 0 Å². The van der Waals surface area contributed by atoms with Gasteiger partial charge in [0.25, 0.3) is 5.24 Å². The molecule has 0 saturated heterocycles. The number of hydrogen-bond donors (Lipinski definition) is 2. The van der Waals surface area contributed by atoms with Crippen molar-refractivity contribution in [2.45, 2.75) is 0 Å². The Morgan fingerprint density at radius 1 is 1.86 bits per heavy atom. The van der Waals surface area contributed by atoms with Crippen LogP contribution in [0.25, 0.3) is 0 Å². The zero-order valence-electron chi connectivity index (χ0n) is 3.65. The Kier molecular flexibility index (Phi) is 4.34. The summed E-state index contributed by atoms with van der Waals surface area (Å²) < 4.78 is 0. The van der Waals surface area contributed by atoms with Crippen molar-refractivity contribution in [3.8, 4) is 0 Å². The van der Waals surface area contributed by atoms with E-state index in [1.165, 1.54) is 0 Å². The SMILES string of the molecule is O=C(S)NCCCl. The summed E-state index contributed by atoms with van der Waals surface area (Å²) in [5, 5.41) is 2.06. The number of thiol groups is 1. The second-order valence-electron chi connectivity index (χ2n) is 0.921. The number of amides is 1. The van der Waals surface area contributed by atoms with Gasteiger partial charge in [-0.15, -0.1) is 11.6 Å². The monoisotopic (exact) mass is 139 g/mol. The summed E-state index contributed by atoms with van der Waals surface area (Å²) >= 11 is 8.62. The molecule has 0 rings (SSSR count). The molecule has 7 heavy (non-hydrogen) atoms. The lowest BCUT2D eigenvalue weighted by Gasteiger charge is -1.91. The molecule has 4 heteroatoms. The van der Waals surface area contributed by atoms with Gasteiger partial charge in [0, 0.05) is 12.4 Å². The van der Waals surface area contributed by atoms with E-state index in [4.69, 9.17) is 11.6 Å². The van der Waals surface area contributed by atoms with E-state index in [2.05, 4.69) is 17.9 Å². The third-order valence-corrected chi connectivity index (χ3v) is 0.718. The van der Waals surface area contributed by atoms with Gasteiger partial charge in [0.1, 0.15) is 0 Å². The van der Waals surface area contributed by atoms with Gasteiger partial charge >= 0.3 is 0 Å². The number of alkyl halides is 1. The minimum Gasteiger partial charge on any atom is -0.346 e. The summed E-state index contributed by atoms with van der Waals surface area (Å²) in [5.41, 5.74) is 0. The minimum absolute atomic E-state index is 0.333. The molecule has 0 unspecified atom stereocenters. The topological polar surface area (TPSA) is 29.1 Å². The van der Waals surface area contributed by atoms with E-state index in [-0.39, 0.29) is 5.24 Å². The Hall–Kier alpha value is 0.110. The molecule has 0 aromatic carbocycles. The average Bonchev–Trinajstić information content (AvgIpc) is 1.61. The Labute approximate surface area is 52.6 Å². The molecule has 0 spiro atoms. The predicted octanol–water partition coefficient (Wildman–Crippen LogP) is 0.865. The highest BCUT2D eigenvalue weighted by Crippen LogP contribution is 1.75. The van der Waals surface area contributed by atoms with E-state index >= 15 is 0 Å². The van der Waals surface area contributed by atoms with Gasteiger partial charge in [-0.05, 0) is 0 Å². The predicted molar refractivity (Wildman–Crippen MR) is 33.1 cm³/mol. The van der Waals surface area contributed by atoms with E-state index in [9.17, 15) is 4.79 Å². The Morgan fingerprint density at radius 3 is 2.57 bits per heavy atom. The van der Waals surface area contributed by atoms with Gasteiger partial charge in [0.2, 0.25) is 0 Å². The van der Waals surface area contributed by atoms with E-state index in [1.807, 2.05) is 0 Å². The summed E-state index contributed by atoms with van der Waals surface area (Å²) in [6.07, 6.45) is 0. The number of rotatable bonds is 2. The molecule has 0 aliphatic heterocycles. The van der Waals surface area contributed by atoms with Gasteiger partial charge in [-0.2, -0.15) is 0 Å². The lowest BCUT2D eigenvalue weighted by atomic mass is 10.8. The van der Waals surface area contributed by atoms with Gasteiger partial charge in [-0.1, -0.05) is 12.6 Å². The molecule has 0 fully saturated rings. The van der Waals surface area contributed by atoms with Gasteiger partial charge in [0.05, 0.1) is 0 Å². The molecule has 1 N–H and O–H groups in total. The number of nitrogens with one attached hydrogen (secondary N) is 1. The normalized spacial score (nSPS) is 8.29. The number of halogens is 1. The Bertz CT molecular complexity index is 68.0. The zero-order chi connectivity index (χ0) is 5.70.